The molecule has 29 heavy (non-hydrogen) atoms. The second kappa shape index (κ2) is 8.38. The number of carbonyl (C=O) groups is 1. The van der Waals surface area contributed by atoms with Crippen molar-refractivity contribution in [1.82, 2.24) is 4.98 Å². The fourth-order valence-electron chi connectivity index (χ4n) is 2.85. The zero-order chi connectivity index (χ0) is 21.0. The zero-order valence-electron chi connectivity index (χ0n) is 16.0. The van der Waals surface area contributed by atoms with Gasteiger partial charge in [0.15, 0.2) is 5.69 Å². The second-order valence-corrected chi connectivity index (χ2v) is 6.29. The Bertz CT molecular complexity index is 960. The third kappa shape index (κ3) is 4.77. The van der Waals surface area contributed by atoms with Crippen molar-refractivity contribution >= 4 is 17.3 Å². The quantitative estimate of drug-likeness (QED) is 0.594. The molecule has 0 bridgehead atoms. The summed E-state index contributed by atoms with van der Waals surface area (Å²) in [5, 5.41) is 2.73. The summed E-state index contributed by atoms with van der Waals surface area (Å²) in [6.45, 7) is 5.90. The van der Waals surface area contributed by atoms with Gasteiger partial charge in [-0.05, 0) is 62.4 Å². The summed E-state index contributed by atoms with van der Waals surface area (Å²) in [5.74, 6) is -0.400. The number of aromatic nitrogens is 1. The average molecular weight is 403 g/mol. The van der Waals surface area contributed by atoms with Crippen LogP contribution < -0.4 is 10.2 Å². The summed E-state index contributed by atoms with van der Waals surface area (Å²) in [4.78, 5) is 18.6. The maximum Gasteiger partial charge on any atom is 0.416 e. The van der Waals surface area contributed by atoms with Gasteiger partial charge in [0.25, 0.3) is 5.91 Å². The lowest BCUT2D eigenvalue weighted by Gasteiger charge is -2.21. The van der Waals surface area contributed by atoms with Crippen LogP contribution in [0.15, 0.2) is 59.2 Å². The van der Waals surface area contributed by atoms with Crippen LogP contribution in [-0.2, 0) is 6.18 Å². The Hall–Kier alpha value is -3.29. The number of oxazole rings is 1. The molecule has 8 heteroatoms. The van der Waals surface area contributed by atoms with Gasteiger partial charge in [0, 0.05) is 30.0 Å². The molecule has 1 amide bonds. The molecule has 2 aromatic carbocycles. The van der Waals surface area contributed by atoms with Gasteiger partial charge >= 0.3 is 6.18 Å². The molecule has 0 fully saturated rings. The summed E-state index contributed by atoms with van der Waals surface area (Å²) < 4.78 is 43.2. The lowest BCUT2D eigenvalue weighted by atomic mass is 10.1. The highest BCUT2D eigenvalue weighted by Gasteiger charge is 2.30. The van der Waals surface area contributed by atoms with Gasteiger partial charge in [-0.2, -0.15) is 13.2 Å². The first-order valence-corrected chi connectivity index (χ1v) is 9.11. The maximum absolute atomic E-state index is 12.7. The Balaban J connectivity index is 1.69. The van der Waals surface area contributed by atoms with Gasteiger partial charge in [-0.15, -0.1) is 0 Å². The molecule has 1 heterocycles. The molecule has 3 aromatic rings. The molecule has 0 radical (unpaired) electrons. The molecule has 0 saturated heterocycles. The Kier molecular flexibility index (Phi) is 5.91. The lowest BCUT2D eigenvalue weighted by Crippen LogP contribution is -2.21. The summed E-state index contributed by atoms with van der Waals surface area (Å²) in [7, 11) is 0. The topological polar surface area (TPSA) is 58.4 Å². The minimum atomic E-state index is -4.42. The van der Waals surface area contributed by atoms with E-state index in [-0.39, 0.29) is 11.6 Å². The first kappa shape index (κ1) is 20.4. The standard InChI is InChI=1S/C21H20F3N3O2/c1-3-27(4-2)17-11-9-16(10-12-17)25-19(28)18-13-29-20(26-18)14-5-7-15(8-6-14)21(22,23)24/h5-13H,3-4H2,1-2H3,(H,25,28). The van der Waals surface area contributed by atoms with Crippen LogP contribution in [0.5, 0.6) is 0 Å². The van der Waals surface area contributed by atoms with Gasteiger partial charge < -0.3 is 14.6 Å². The Morgan fingerprint density at radius 1 is 1.03 bits per heavy atom. The van der Waals surface area contributed by atoms with Crippen LogP contribution in [0.1, 0.15) is 29.9 Å². The average Bonchev–Trinajstić information content (AvgIpc) is 3.20. The Morgan fingerprint density at radius 3 is 2.21 bits per heavy atom. The van der Waals surface area contributed by atoms with E-state index in [4.69, 9.17) is 4.42 Å². The van der Waals surface area contributed by atoms with E-state index in [2.05, 4.69) is 29.0 Å². The molecular weight excluding hydrogens is 383 g/mol. The van der Waals surface area contributed by atoms with Crippen molar-refractivity contribution < 1.29 is 22.4 Å². The van der Waals surface area contributed by atoms with Crippen LogP contribution >= 0.6 is 0 Å². The third-order valence-corrected chi connectivity index (χ3v) is 4.45. The van der Waals surface area contributed by atoms with E-state index in [1.807, 2.05) is 12.1 Å². The van der Waals surface area contributed by atoms with Crippen LogP contribution in [0.2, 0.25) is 0 Å². The number of hydrogen-bond donors (Lipinski definition) is 1. The van der Waals surface area contributed by atoms with Gasteiger partial charge in [0.2, 0.25) is 5.89 Å². The molecule has 0 aliphatic heterocycles. The predicted octanol–water partition coefficient (Wildman–Crippen LogP) is 5.46. The fraction of sp³-hybridized carbons (Fsp3) is 0.238. The Labute approximate surface area is 166 Å². The maximum atomic E-state index is 12.7. The molecule has 0 spiro atoms. The highest BCUT2D eigenvalue weighted by molar-refractivity contribution is 6.03. The third-order valence-electron chi connectivity index (χ3n) is 4.45. The van der Waals surface area contributed by atoms with Crippen molar-refractivity contribution in [3.05, 3.63) is 66.1 Å². The number of nitrogens with zero attached hydrogens (tertiary/aromatic N) is 2. The smallest absolute Gasteiger partial charge is 0.416 e. The predicted molar refractivity (Wildman–Crippen MR) is 105 cm³/mol. The minimum absolute atomic E-state index is 0.0349. The van der Waals surface area contributed by atoms with E-state index >= 15 is 0 Å². The van der Waals surface area contributed by atoms with Crippen LogP contribution in [0.4, 0.5) is 24.5 Å². The van der Waals surface area contributed by atoms with E-state index in [0.717, 1.165) is 30.9 Å². The monoisotopic (exact) mass is 403 g/mol. The first-order chi connectivity index (χ1) is 13.8. The molecule has 152 valence electrons. The number of amides is 1. The van der Waals surface area contributed by atoms with E-state index in [0.29, 0.717) is 11.3 Å². The van der Waals surface area contributed by atoms with Crippen molar-refractivity contribution in [2.75, 3.05) is 23.3 Å². The van der Waals surface area contributed by atoms with Gasteiger partial charge in [-0.1, -0.05) is 0 Å². The molecule has 1 N–H and O–H groups in total. The van der Waals surface area contributed by atoms with E-state index in [9.17, 15) is 18.0 Å². The number of alkyl halides is 3. The number of carbonyl (C=O) groups excluding carboxylic acids is 1. The van der Waals surface area contributed by atoms with Gasteiger partial charge in [-0.25, -0.2) is 4.98 Å². The first-order valence-electron chi connectivity index (χ1n) is 9.11. The van der Waals surface area contributed by atoms with Crippen molar-refractivity contribution in [2.24, 2.45) is 0 Å². The van der Waals surface area contributed by atoms with E-state index in [1.54, 1.807) is 12.1 Å². The lowest BCUT2D eigenvalue weighted by molar-refractivity contribution is -0.137. The van der Waals surface area contributed by atoms with Gasteiger partial charge in [0.05, 0.1) is 5.56 Å². The summed E-state index contributed by atoms with van der Waals surface area (Å²) in [6.07, 6.45) is -3.24. The summed E-state index contributed by atoms with van der Waals surface area (Å²) in [6, 6.07) is 11.8. The van der Waals surface area contributed by atoms with Crippen LogP contribution in [0.3, 0.4) is 0 Å². The summed E-state index contributed by atoms with van der Waals surface area (Å²) >= 11 is 0. The molecule has 0 unspecified atom stereocenters. The minimum Gasteiger partial charge on any atom is -0.444 e. The zero-order valence-corrected chi connectivity index (χ0v) is 16.0. The number of halogens is 3. The molecule has 0 aliphatic carbocycles. The molecule has 0 aliphatic rings. The number of hydrogen-bond acceptors (Lipinski definition) is 4. The van der Waals surface area contributed by atoms with Gasteiger partial charge in [0.1, 0.15) is 6.26 Å². The molecule has 3 rings (SSSR count). The van der Waals surface area contributed by atoms with Crippen LogP contribution in [-0.4, -0.2) is 24.0 Å². The number of nitrogens with one attached hydrogen (secondary N) is 1. The van der Waals surface area contributed by atoms with Gasteiger partial charge in [-0.3, -0.25) is 4.79 Å². The molecule has 1 aromatic heterocycles. The number of benzene rings is 2. The SMILES string of the molecule is CCN(CC)c1ccc(NC(=O)c2coc(-c3ccc(C(F)(F)F)cc3)n2)cc1. The highest BCUT2D eigenvalue weighted by atomic mass is 19.4. The largest absolute Gasteiger partial charge is 0.444 e. The van der Waals surface area contributed by atoms with E-state index < -0.39 is 17.6 Å². The van der Waals surface area contributed by atoms with Crippen molar-refractivity contribution in [1.29, 1.82) is 0 Å². The Morgan fingerprint density at radius 2 is 1.66 bits per heavy atom. The van der Waals surface area contributed by atoms with Crippen molar-refractivity contribution in [2.45, 2.75) is 20.0 Å². The van der Waals surface area contributed by atoms with Crippen LogP contribution in [0, 0.1) is 0 Å². The number of rotatable bonds is 6. The van der Waals surface area contributed by atoms with Crippen LogP contribution in [0.25, 0.3) is 11.5 Å². The van der Waals surface area contributed by atoms with Crippen molar-refractivity contribution in [3.8, 4) is 11.5 Å². The number of anilines is 2. The molecule has 0 saturated carbocycles. The summed E-state index contributed by atoms with van der Waals surface area (Å²) in [5.41, 5.74) is 1.27. The second-order valence-electron chi connectivity index (χ2n) is 6.29. The molecular formula is C21H20F3N3O2. The molecule has 0 atom stereocenters. The van der Waals surface area contributed by atoms with Crippen molar-refractivity contribution in [3.63, 3.8) is 0 Å². The normalized spacial score (nSPS) is 11.3. The van der Waals surface area contributed by atoms with E-state index in [1.165, 1.54) is 18.4 Å². The highest BCUT2D eigenvalue weighted by Crippen LogP contribution is 2.30. The molecule has 5 nitrogen and oxygen atoms in total. The fourth-order valence-corrected chi connectivity index (χ4v) is 2.85.